The Morgan fingerprint density at radius 3 is 2.75 bits per heavy atom. The highest BCUT2D eigenvalue weighted by Crippen LogP contribution is 2.02. The minimum absolute atomic E-state index is 0.153. The van der Waals surface area contributed by atoms with Crippen molar-refractivity contribution in [2.75, 3.05) is 6.54 Å². The van der Waals surface area contributed by atoms with E-state index in [4.69, 9.17) is 0 Å². The Morgan fingerprint density at radius 2 is 2.05 bits per heavy atom. The van der Waals surface area contributed by atoms with Crippen LogP contribution in [0.1, 0.15) is 15.9 Å². The Balaban J connectivity index is 1.77. The van der Waals surface area contributed by atoms with Crippen molar-refractivity contribution in [1.82, 2.24) is 15.6 Å². The molecule has 20 heavy (non-hydrogen) atoms. The van der Waals surface area contributed by atoms with E-state index in [1.165, 1.54) is 18.2 Å². The lowest BCUT2D eigenvalue weighted by Crippen LogP contribution is -2.36. The van der Waals surface area contributed by atoms with Gasteiger partial charge < -0.3 is 15.6 Å². The third-order valence-corrected chi connectivity index (χ3v) is 2.65. The Hall–Kier alpha value is -2.63. The topological polar surface area (TPSA) is 74.0 Å². The second kappa shape index (κ2) is 6.51. The number of carbonyl (C=O) groups excluding carboxylic acids is 2. The predicted molar refractivity (Wildman–Crippen MR) is 71.4 cm³/mol. The molecule has 0 bridgehead atoms. The third-order valence-electron chi connectivity index (χ3n) is 2.65. The molecule has 0 aliphatic rings. The van der Waals surface area contributed by atoms with E-state index in [-0.39, 0.29) is 18.0 Å². The normalized spacial score (nSPS) is 10.1. The number of hydrogen-bond donors (Lipinski definition) is 3. The van der Waals surface area contributed by atoms with Gasteiger partial charge in [-0.05, 0) is 29.8 Å². The summed E-state index contributed by atoms with van der Waals surface area (Å²) < 4.78 is 12.9. The molecule has 2 amide bonds. The molecule has 0 fully saturated rings. The first-order chi connectivity index (χ1) is 9.65. The number of amides is 2. The monoisotopic (exact) mass is 275 g/mol. The van der Waals surface area contributed by atoms with E-state index in [9.17, 15) is 14.0 Å². The number of benzene rings is 1. The average Bonchev–Trinajstić information content (AvgIpc) is 2.95. The van der Waals surface area contributed by atoms with Gasteiger partial charge in [-0.2, -0.15) is 0 Å². The zero-order valence-electron chi connectivity index (χ0n) is 10.7. The molecule has 1 aromatic heterocycles. The SMILES string of the molecule is O=C(CNC(=O)c1cccc(F)c1)NCc1cc[nH]c1. The fourth-order valence-corrected chi connectivity index (χ4v) is 1.62. The summed E-state index contributed by atoms with van der Waals surface area (Å²) in [5.41, 5.74) is 1.12. The van der Waals surface area contributed by atoms with Crippen LogP contribution < -0.4 is 10.6 Å². The molecule has 0 aliphatic heterocycles. The van der Waals surface area contributed by atoms with Crippen LogP contribution in [0.15, 0.2) is 42.7 Å². The van der Waals surface area contributed by atoms with E-state index < -0.39 is 11.7 Å². The van der Waals surface area contributed by atoms with Crippen LogP contribution in [0.4, 0.5) is 4.39 Å². The molecule has 0 atom stereocenters. The van der Waals surface area contributed by atoms with Crippen LogP contribution in [0.2, 0.25) is 0 Å². The summed E-state index contributed by atoms with van der Waals surface area (Å²) in [6.45, 7) is 0.234. The number of aromatic amines is 1. The average molecular weight is 275 g/mol. The van der Waals surface area contributed by atoms with Crippen molar-refractivity contribution in [1.29, 1.82) is 0 Å². The molecule has 2 rings (SSSR count). The first-order valence-corrected chi connectivity index (χ1v) is 6.07. The fourth-order valence-electron chi connectivity index (χ4n) is 1.62. The Morgan fingerprint density at radius 1 is 1.20 bits per heavy atom. The molecule has 0 saturated carbocycles. The van der Waals surface area contributed by atoms with E-state index in [1.54, 1.807) is 12.4 Å². The standard InChI is InChI=1S/C14H14FN3O2/c15-12-3-1-2-11(6-12)14(20)18-9-13(19)17-8-10-4-5-16-7-10/h1-7,16H,8-9H2,(H,17,19)(H,18,20). The van der Waals surface area contributed by atoms with Gasteiger partial charge >= 0.3 is 0 Å². The fraction of sp³-hybridized carbons (Fsp3) is 0.143. The summed E-state index contributed by atoms with van der Waals surface area (Å²) in [4.78, 5) is 26.1. The van der Waals surface area contributed by atoms with E-state index >= 15 is 0 Å². The van der Waals surface area contributed by atoms with Crippen LogP contribution in [0, 0.1) is 5.82 Å². The minimum Gasteiger partial charge on any atom is -0.367 e. The molecule has 0 unspecified atom stereocenters. The molecule has 0 radical (unpaired) electrons. The number of hydrogen-bond acceptors (Lipinski definition) is 2. The Kier molecular flexibility index (Phi) is 4.49. The largest absolute Gasteiger partial charge is 0.367 e. The highest BCUT2D eigenvalue weighted by molar-refractivity contribution is 5.96. The summed E-state index contributed by atoms with van der Waals surface area (Å²) >= 11 is 0. The molecule has 0 aliphatic carbocycles. The lowest BCUT2D eigenvalue weighted by molar-refractivity contribution is -0.120. The molecule has 1 aromatic carbocycles. The smallest absolute Gasteiger partial charge is 0.251 e. The van der Waals surface area contributed by atoms with Crippen molar-refractivity contribution in [3.8, 4) is 0 Å². The second-order valence-electron chi connectivity index (χ2n) is 4.19. The van der Waals surface area contributed by atoms with E-state index in [0.29, 0.717) is 6.54 Å². The van der Waals surface area contributed by atoms with E-state index in [0.717, 1.165) is 11.6 Å². The van der Waals surface area contributed by atoms with Gasteiger partial charge in [0, 0.05) is 24.5 Å². The van der Waals surface area contributed by atoms with Crippen molar-refractivity contribution < 1.29 is 14.0 Å². The maximum Gasteiger partial charge on any atom is 0.251 e. The quantitative estimate of drug-likeness (QED) is 0.767. The van der Waals surface area contributed by atoms with Gasteiger partial charge in [-0.25, -0.2) is 4.39 Å². The number of halogens is 1. The van der Waals surface area contributed by atoms with Crippen molar-refractivity contribution >= 4 is 11.8 Å². The van der Waals surface area contributed by atoms with Crippen LogP contribution >= 0.6 is 0 Å². The Labute approximate surface area is 115 Å². The first-order valence-electron chi connectivity index (χ1n) is 6.07. The van der Waals surface area contributed by atoms with Crippen LogP contribution in [0.25, 0.3) is 0 Å². The molecule has 1 heterocycles. The second-order valence-corrected chi connectivity index (χ2v) is 4.19. The number of aromatic nitrogens is 1. The van der Waals surface area contributed by atoms with Crippen molar-refractivity contribution in [3.05, 3.63) is 59.7 Å². The Bertz CT molecular complexity index is 596. The summed E-state index contributed by atoms with van der Waals surface area (Å²) in [5, 5.41) is 5.09. The maximum atomic E-state index is 12.9. The summed E-state index contributed by atoms with van der Waals surface area (Å²) in [7, 11) is 0. The molecule has 104 valence electrons. The van der Waals surface area contributed by atoms with Crippen molar-refractivity contribution in [2.45, 2.75) is 6.54 Å². The van der Waals surface area contributed by atoms with Crippen LogP contribution in [0.5, 0.6) is 0 Å². The van der Waals surface area contributed by atoms with Gasteiger partial charge in [0.1, 0.15) is 5.82 Å². The number of carbonyl (C=O) groups is 2. The maximum absolute atomic E-state index is 12.9. The van der Waals surface area contributed by atoms with Gasteiger partial charge in [0.05, 0.1) is 6.54 Å². The van der Waals surface area contributed by atoms with Crippen LogP contribution in [-0.4, -0.2) is 23.3 Å². The first kappa shape index (κ1) is 13.8. The van der Waals surface area contributed by atoms with Crippen molar-refractivity contribution in [2.24, 2.45) is 0 Å². The lowest BCUT2D eigenvalue weighted by atomic mass is 10.2. The van der Waals surface area contributed by atoms with Gasteiger partial charge in [0.25, 0.3) is 5.91 Å². The highest BCUT2D eigenvalue weighted by Gasteiger charge is 2.08. The highest BCUT2D eigenvalue weighted by atomic mass is 19.1. The number of H-pyrrole nitrogens is 1. The summed E-state index contributed by atoms with van der Waals surface area (Å²) in [5.74, 6) is -1.29. The molecule has 5 nitrogen and oxygen atoms in total. The van der Waals surface area contributed by atoms with E-state index in [2.05, 4.69) is 15.6 Å². The third kappa shape index (κ3) is 3.94. The summed E-state index contributed by atoms with van der Waals surface area (Å²) in [6, 6.07) is 7.13. The number of nitrogens with one attached hydrogen (secondary N) is 3. The molecular weight excluding hydrogens is 261 g/mol. The molecule has 3 N–H and O–H groups in total. The van der Waals surface area contributed by atoms with Crippen LogP contribution in [-0.2, 0) is 11.3 Å². The zero-order valence-corrected chi connectivity index (χ0v) is 10.7. The molecule has 0 saturated heterocycles. The van der Waals surface area contributed by atoms with Gasteiger partial charge in [-0.3, -0.25) is 9.59 Å². The van der Waals surface area contributed by atoms with Crippen molar-refractivity contribution in [3.63, 3.8) is 0 Å². The van der Waals surface area contributed by atoms with Gasteiger partial charge in [0.2, 0.25) is 5.91 Å². The molecule has 0 spiro atoms. The molecule has 2 aromatic rings. The van der Waals surface area contributed by atoms with Crippen LogP contribution in [0.3, 0.4) is 0 Å². The molecule has 6 heteroatoms. The lowest BCUT2D eigenvalue weighted by Gasteiger charge is -2.06. The van der Waals surface area contributed by atoms with Gasteiger partial charge in [-0.15, -0.1) is 0 Å². The van der Waals surface area contributed by atoms with Gasteiger partial charge in [0.15, 0.2) is 0 Å². The number of rotatable bonds is 5. The minimum atomic E-state index is -0.491. The van der Waals surface area contributed by atoms with Gasteiger partial charge in [-0.1, -0.05) is 6.07 Å². The predicted octanol–water partition coefficient (Wildman–Crippen LogP) is 1.20. The van der Waals surface area contributed by atoms with E-state index in [1.807, 2.05) is 6.07 Å². The zero-order chi connectivity index (χ0) is 14.4. The molecular formula is C14H14FN3O2. The summed E-state index contributed by atoms with van der Waals surface area (Å²) in [6.07, 6.45) is 3.53.